The number of carbonyl (C=O) groups excluding carboxylic acids is 2. The molecule has 7 nitrogen and oxygen atoms in total. The predicted octanol–water partition coefficient (Wildman–Crippen LogP) is 2.49. The molecule has 1 aromatic rings. The molecule has 0 unspecified atom stereocenters. The zero-order chi connectivity index (χ0) is 20.0. The predicted molar refractivity (Wildman–Crippen MR) is 104 cm³/mol. The van der Waals surface area contributed by atoms with Gasteiger partial charge in [-0.1, -0.05) is 20.8 Å². The van der Waals surface area contributed by atoms with Gasteiger partial charge in [-0.2, -0.15) is 0 Å². The summed E-state index contributed by atoms with van der Waals surface area (Å²) in [6, 6.07) is 3.51. The van der Waals surface area contributed by atoms with E-state index >= 15 is 0 Å². The molecule has 0 saturated carbocycles. The summed E-state index contributed by atoms with van der Waals surface area (Å²) in [5.41, 5.74) is 2.09. The Morgan fingerprint density at radius 2 is 1.85 bits per heavy atom. The lowest BCUT2D eigenvalue weighted by molar-refractivity contribution is -0.124. The summed E-state index contributed by atoms with van der Waals surface area (Å²) >= 11 is 0. The second-order valence-electron chi connectivity index (χ2n) is 7.00. The largest absolute Gasteiger partial charge is 0.493 e. The highest BCUT2D eigenvalue weighted by molar-refractivity contribution is 5.78. The van der Waals surface area contributed by atoms with Crippen molar-refractivity contribution in [1.29, 1.82) is 0 Å². The molecule has 0 radical (unpaired) electrons. The van der Waals surface area contributed by atoms with Crippen LogP contribution in [0.2, 0.25) is 0 Å². The van der Waals surface area contributed by atoms with Crippen molar-refractivity contribution < 1.29 is 19.1 Å². The molecule has 1 aliphatic rings. The van der Waals surface area contributed by atoms with Crippen molar-refractivity contribution in [1.82, 2.24) is 15.5 Å². The fourth-order valence-electron chi connectivity index (χ4n) is 3.23. The molecule has 1 aromatic carbocycles. The van der Waals surface area contributed by atoms with Gasteiger partial charge in [0.25, 0.3) is 0 Å². The molecule has 1 heterocycles. The maximum atomic E-state index is 12.7. The van der Waals surface area contributed by atoms with Crippen LogP contribution in [0.5, 0.6) is 11.5 Å². The van der Waals surface area contributed by atoms with Crippen molar-refractivity contribution in [2.75, 3.05) is 33.9 Å². The van der Waals surface area contributed by atoms with E-state index in [0.717, 1.165) is 24.0 Å². The van der Waals surface area contributed by atoms with Crippen molar-refractivity contribution in [2.45, 2.75) is 39.7 Å². The van der Waals surface area contributed by atoms with Crippen molar-refractivity contribution in [3.8, 4) is 11.5 Å². The molecular weight excluding hydrogens is 346 g/mol. The first-order chi connectivity index (χ1) is 12.9. The third-order valence-electron chi connectivity index (χ3n) is 4.78. The van der Waals surface area contributed by atoms with E-state index < -0.39 is 0 Å². The highest BCUT2D eigenvalue weighted by atomic mass is 16.5. The van der Waals surface area contributed by atoms with Gasteiger partial charge in [0.15, 0.2) is 11.5 Å². The lowest BCUT2D eigenvalue weighted by atomic mass is 9.91. The number of amides is 3. The van der Waals surface area contributed by atoms with Gasteiger partial charge in [0.05, 0.1) is 20.3 Å². The molecule has 2 rings (SSSR count). The average molecular weight is 377 g/mol. The summed E-state index contributed by atoms with van der Waals surface area (Å²) in [6.07, 6.45) is 1.60. The number of nitrogens with one attached hydrogen (secondary N) is 2. The summed E-state index contributed by atoms with van der Waals surface area (Å²) < 4.78 is 10.9. The summed E-state index contributed by atoms with van der Waals surface area (Å²) in [5, 5.41) is 5.91. The fraction of sp³-hybridized carbons (Fsp3) is 0.600. The third-order valence-corrected chi connectivity index (χ3v) is 4.78. The maximum absolute atomic E-state index is 12.7. The standard InChI is InChI=1S/C20H31N3O4/c1-6-8-21-20(25)23-9-7-14-10-17(26-4)18(27-5)11-15(14)16(23)12-22-19(24)13(2)3/h10-11,13,16H,6-9,12H2,1-5H3,(H,21,25)(H,22,24)/t16-/m1/s1. The van der Waals surface area contributed by atoms with E-state index in [1.165, 1.54) is 0 Å². The molecule has 0 fully saturated rings. The monoisotopic (exact) mass is 377 g/mol. The number of rotatable bonds is 7. The number of urea groups is 1. The molecule has 7 heteroatoms. The molecule has 27 heavy (non-hydrogen) atoms. The van der Waals surface area contributed by atoms with Crippen LogP contribution in [0.4, 0.5) is 4.79 Å². The van der Waals surface area contributed by atoms with Gasteiger partial charge in [-0.3, -0.25) is 4.79 Å². The van der Waals surface area contributed by atoms with Crippen LogP contribution in [0.1, 0.15) is 44.4 Å². The second kappa shape index (κ2) is 9.48. The number of nitrogens with zero attached hydrogens (tertiary/aromatic N) is 1. The number of benzene rings is 1. The highest BCUT2D eigenvalue weighted by Gasteiger charge is 2.32. The van der Waals surface area contributed by atoms with E-state index in [-0.39, 0.29) is 23.9 Å². The number of carbonyl (C=O) groups is 2. The fourth-order valence-corrected chi connectivity index (χ4v) is 3.23. The van der Waals surface area contributed by atoms with E-state index in [0.29, 0.717) is 31.1 Å². The summed E-state index contributed by atoms with van der Waals surface area (Å²) in [4.78, 5) is 26.6. The van der Waals surface area contributed by atoms with Gasteiger partial charge in [0.2, 0.25) is 5.91 Å². The Labute approximate surface area is 161 Å². The van der Waals surface area contributed by atoms with Crippen molar-refractivity contribution in [3.63, 3.8) is 0 Å². The quantitative estimate of drug-likeness (QED) is 0.765. The minimum absolute atomic E-state index is 0.0310. The second-order valence-corrected chi connectivity index (χ2v) is 7.00. The van der Waals surface area contributed by atoms with Crippen LogP contribution >= 0.6 is 0 Å². The smallest absolute Gasteiger partial charge is 0.317 e. The molecule has 0 aliphatic carbocycles. The van der Waals surface area contributed by atoms with Crippen LogP contribution in [0.3, 0.4) is 0 Å². The molecule has 1 aliphatic heterocycles. The molecule has 0 bridgehead atoms. The van der Waals surface area contributed by atoms with Crippen molar-refractivity contribution in [3.05, 3.63) is 23.3 Å². The van der Waals surface area contributed by atoms with Crippen LogP contribution in [0.25, 0.3) is 0 Å². The molecule has 2 N–H and O–H groups in total. The Bertz CT molecular complexity index is 675. The highest BCUT2D eigenvalue weighted by Crippen LogP contribution is 2.38. The number of fused-ring (bicyclic) bond motifs is 1. The van der Waals surface area contributed by atoms with Gasteiger partial charge >= 0.3 is 6.03 Å². The molecule has 1 atom stereocenters. The lowest BCUT2D eigenvalue weighted by Crippen LogP contribution is -2.49. The Hall–Kier alpha value is -2.44. The molecule has 150 valence electrons. The van der Waals surface area contributed by atoms with Gasteiger partial charge in [-0.15, -0.1) is 0 Å². The van der Waals surface area contributed by atoms with Crippen LogP contribution < -0.4 is 20.1 Å². The van der Waals surface area contributed by atoms with E-state index in [1.807, 2.05) is 32.9 Å². The number of hydrogen-bond acceptors (Lipinski definition) is 4. The van der Waals surface area contributed by atoms with E-state index in [2.05, 4.69) is 10.6 Å². The Kier molecular flexibility index (Phi) is 7.33. The molecule has 0 saturated heterocycles. The molecule has 0 aromatic heterocycles. The minimum atomic E-state index is -0.256. The van der Waals surface area contributed by atoms with Crippen LogP contribution in [0, 0.1) is 5.92 Å². The van der Waals surface area contributed by atoms with Crippen LogP contribution in [-0.2, 0) is 11.2 Å². The number of methoxy groups -OCH3 is 2. The molecular formula is C20H31N3O4. The zero-order valence-electron chi connectivity index (χ0n) is 16.9. The minimum Gasteiger partial charge on any atom is -0.493 e. The average Bonchev–Trinajstić information content (AvgIpc) is 2.68. The summed E-state index contributed by atoms with van der Waals surface area (Å²) in [6.45, 7) is 7.29. The normalized spacial score (nSPS) is 15.9. The summed E-state index contributed by atoms with van der Waals surface area (Å²) in [7, 11) is 3.20. The summed E-state index contributed by atoms with van der Waals surface area (Å²) in [5.74, 6) is 1.15. The molecule has 3 amide bonds. The SMILES string of the molecule is CCCNC(=O)N1CCc2cc(OC)c(OC)cc2[C@H]1CNC(=O)C(C)C. The Morgan fingerprint density at radius 1 is 1.19 bits per heavy atom. The number of ether oxygens (including phenoxy) is 2. The maximum Gasteiger partial charge on any atom is 0.317 e. The third kappa shape index (κ3) is 4.84. The van der Waals surface area contributed by atoms with Crippen molar-refractivity contribution in [2.24, 2.45) is 5.92 Å². The van der Waals surface area contributed by atoms with Gasteiger partial charge in [0, 0.05) is 25.6 Å². The van der Waals surface area contributed by atoms with Gasteiger partial charge in [-0.25, -0.2) is 4.79 Å². The molecule has 0 spiro atoms. The Morgan fingerprint density at radius 3 is 2.44 bits per heavy atom. The van der Waals surface area contributed by atoms with E-state index in [9.17, 15) is 9.59 Å². The van der Waals surface area contributed by atoms with Gasteiger partial charge in [0.1, 0.15) is 0 Å². The van der Waals surface area contributed by atoms with Crippen LogP contribution in [0.15, 0.2) is 12.1 Å². The lowest BCUT2D eigenvalue weighted by Gasteiger charge is -2.38. The topological polar surface area (TPSA) is 79.9 Å². The van der Waals surface area contributed by atoms with Gasteiger partial charge in [-0.05, 0) is 36.1 Å². The zero-order valence-corrected chi connectivity index (χ0v) is 16.9. The van der Waals surface area contributed by atoms with Crippen LogP contribution in [-0.4, -0.2) is 50.7 Å². The van der Waals surface area contributed by atoms with E-state index in [1.54, 1.807) is 19.1 Å². The van der Waals surface area contributed by atoms with Gasteiger partial charge < -0.3 is 25.0 Å². The Balaban J connectivity index is 2.35. The van der Waals surface area contributed by atoms with E-state index in [4.69, 9.17) is 9.47 Å². The number of hydrogen-bond donors (Lipinski definition) is 2. The first kappa shape index (κ1) is 20.9. The first-order valence-corrected chi connectivity index (χ1v) is 9.49. The first-order valence-electron chi connectivity index (χ1n) is 9.49. The van der Waals surface area contributed by atoms with Crippen molar-refractivity contribution >= 4 is 11.9 Å².